The van der Waals surface area contributed by atoms with E-state index in [1.165, 1.54) is 77.9 Å². The molecular formula is C44H37N3. The molecule has 0 fully saturated rings. The molecule has 0 aliphatic heterocycles. The number of benzene rings is 5. The third-order valence-electron chi connectivity index (χ3n) is 10.1. The third kappa shape index (κ3) is 4.57. The van der Waals surface area contributed by atoms with Gasteiger partial charge in [-0.2, -0.15) is 0 Å². The summed E-state index contributed by atoms with van der Waals surface area (Å²) in [5.74, 6) is 0. The van der Waals surface area contributed by atoms with E-state index in [1.54, 1.807) is 0 Å². The summed E-state index contributed by atoms with van der Waals surface area (Å²) in [4.78, 5) is 0. The van der Waals surface area contributed by atoms with Gasteiger partial charge in [0.15, 0.2) is 0 Å². The monoisotopic (exact) mass is 607 g/mol. The van der Waals surface area contributed by atoms with Crippen molar-refractivity contribution in [3.8, 4) is 22.5 Å². The Labute approximate surface area is 276 Å². The molecular weight excluding hydrogens is 571 g/mol. The van der Waals surface area contributed by atoms with Crippen LogP contribution in [0.2, 0.25) is 0 Å². The molecule has 1 N–H and O–H groups in total. The smallest absolute Gasteiger partial charge is 0.0558 e. The SMILES string of the molecule is Cc1ccccc1-c1cc(-n2c3c(c4ccc(Nc5ccc6c7c(n(-c8ccccc8)c6c5)CCC=C7)cc42)CCC=C3)ccc1C. The number of nitrogens with zero attached hydrogens (tertiary/aromatic N) is 2. The lowest BCUT2D eigenvalue weighted by Crippen LogP contribution is -2.02. The van der Waals surface area contributed by atoms with Crippen molar-refractivity contribution in [2.45, 2.75) is 39.5 Å². The lowest BCUT2D eigenvalue weighted by molar-refractivity contribution is 0.888. The van der Waals surface area contributed by atoms with E-state index < -0.39 is 0 Å². The van der Waals surface area contributed by atoms with Crippen LogP contribution >= 0.6 is 0 Å². The topological polar surface area (TPSA) is 21.9 Å². The Morgan fingerprint density at radius 2 is 1.26 bits per heavy atom. The van der Waals surface area contributed by atoms with Crippen molar-refractivity contribution < 1.29 is 0 Å². The summed E-state index contributed by atoms with van der Waals surface area (Å²) in [5, 5.41) is 6.44. The van der Waals surface area contributed by atoms with E-state index in [4.69, 9.17) is 0 Å². The molecule has 47 heavy (non-hydrogen) atoms. The summed E-state index contributed by atoms with van der Waals surface area (Å²) >= 11 is 0. The van der Waals surface area contributed by atoms with Crippen molar-refractivity contribution in [2.75, 3.05) is 5.32 Å². The van der Waals surface area contributed by atoms with Crippen LogP contribution in [0.3, 0.4) is 0 Å². The first-order chi connectivity index (χ1) is 23.1. The first-order valence-corrected chi connectivity index (χ1v) is 16.8. The standard InChI is InChI=1S/C44H37N3/c1-29-12-6-7-15-35(29)40-28-34(23-20-30(40)2)47-42-19-11-9-17-37(42)39-25-22-32(27-44(39)47)45-31-21-24-38-36-16-8-10-18-41(36)46(43(38)26-31)33-13-4-3-5-14-33/h3-8,11-16,19-28,45H,9-10,17-18H2,1-2H3. The molecule has 2 aliphatic carbocycles. The molecule has 5 aromatic carbocycles. The van der Waals surface area contributed by atoms with E-state index in [0.29, 0.717) is 0 Å². The maximum Gasteiger partial charge on any atom is 0.0558 e. The van der Waals surface area contributed by atoms with Crippen molar-refractivity contribution >= 4 is 45.3 Å². The highest BCUT2D eigenvalue weighted by Gasteiger charge is 2.21. The zero-order valence-corrected chi connectivity index (χ0v) is 26.9. The van der Waals surface area contributed by atoms with Gasteiger partial charge in [-0.3, -0.25) is 0 Å². The molecule has 0 radical (unpaired) electrons. The van der Waals surface area contributed by atoms with Gasteiger partial charge < -0.3 is 14.5 Å². The Hall–Kier alpha value is -5.54. The lowest BCUT2D eigenvalue weighted by Gasteiger charge is -2.16. The van der Waals surface area contributed by atoms with E-state index in [9.17, 15) is 0 Å². The van der Waals surface area contributed by atoms with Crippen LogP contribution in [-0.2, 0) is 12.8 Å². The highest BCUT2D eigenvalue weighted by Crippen LogP contribution is 2.39. The van der Waals surface area contributed by atoms with Gasteiger partial charge in [-0.05, 0) is 122 Å². The quantitative estimate of drug-likeness (QED) is 0.207. The summed E-state index contributed by atoms with van der Waals surface area (Å²) in [6, 6.07) is 40.1. The second kappa shape index (κ2) is 11.1. The number of aryl methyl sites for hydroxylation is 3. The Bertz CT molecular complexity index is 2400. The number of para-hydroxylation sites is 1. The molecule has 0 unspecified atom stereocenters. The van der Waals surface area contributed by atoms with Crippen LogP contribution in [0.1, 0.15) is 46.5 Å². The summed E-state index contributed by atoms with van der Waals surface area (Å²) in [6.45, 7) is 4.42. The molecule has 0 saturated heterocycles. The van der Waals surface area contributed by atoms with Crippen LogP contribution < -0.4 is 5.32 Å². The fraction of sp³-hybridized carbons (Fsp3) is 0.136. The zero-order valence-electron chi connectivity index (χ0n) is 26.9. The van der Waals surface area contributed by atoms with Gasteiger partial charge in [0, 0.05) is 50.5 Å². The molecule has 0 atom stereocenters. The first kappa shape index (κ1) is 27.7. The number of fused-ring (bicyclic) bond motifs is 6. The highest BCUT2D eigenvalue weighted by atomic mass is 15.0. The molecule has 228 valence electrons. The van der Waals surface area contributed by atoms with Crippen molar-refractivity contribution in [1.82, 2.24) is 9.13 Å². The van der Waals surface area contributed by atoms with Gasteiger partial charge >= 0.3 is 0 Å². The number of allylic oxidation sites excluding steroid dienone is 2. The van der Waals surface area contributed by atoms with Crippen molar-refractivity contribution in [1.29, 1.82) is 0 Å². The molecule has 0 saturated carbocycles. The Morgan fingerprint density at radius 1 is 0.553 bits per heavy atom. The van der Waals surface area contributed by atoms with Crippen LogP contribution in [0.25, 0.3) is 56.5 Å². The van der Waals surface area contributed by atoms with Gasteiger partial charge in [0.05, 0.1) is 11.0 Å². The molecule has 3 nitrogen and oxygen atoms in total. The molecule has 0 spiro atoms. The Balaban J connectivity index is 1.17. The summed E-state index contributed by atoms with van der Waals surface area (Å²) in [7, 11) is 0. The molecule has 0 amide bonds. The lowest BCUT2D eigenvalue weighted by atomic mass is 9.96. The average molecular weight is 608 g/mol. The Morgan fingerprint density at radius 3 is 2.09 bits per heavy atom. The summed E-state index contributed by atoms with van der Waals surface area (Å²) in [5.41, 5.74) is 17.7. The van der Waals surface area contributed by atoms with E-state index in [-0.39, 0.29) is 0 Å². The molecule has 0 bridgehead atoms. The van der Waals surface area contributed by atoms with E-state index in [1.807, 2.05) is 0 Å². The summed E-state index contributed by atoms with van der Waals surface area (Å²) < 4.78 is 4.92. The minimum Gasteiger partial charge on any atom is -0.355 e. The fourth-order valence-electron chi connectivity index (χ4n) is 7.84. The second-order valence-corrected chi connectivity index (χ2v) is 13.0. The third-order valence-corrected chi connectivity index (χ3v) is 10.1. The second-order valence-electron chi connectivity index (χ2n) is 13.0. The van der Waals surface area contributed by atoms with E-state index >= 15 is 0 Å². The average Bonchev–Trinajstić information content (AvgIpc) is 3.61. The van der Waals surface area contributed by atoms with E-state index in [2.05, 4.69) is 162 Å². The normalized spacial score (nSPS) is 13.7. The fourth-order valence-corrected chi connectivity index (χ4v) is 7.84. The highest BCUT2D eigenvalue weighted by molar-refractivity contribution is 5.97. The van der Waals surface area contributed by atoms with Gasteiger partial charge in [0.1, 0.15) is 0 Å². The van der Waals surface area contributed by atoms with Crippen molar-refractivity contribution in [2.24, 2.45) is 0 Å². The van der Waals surface area contributed by atoms with Crippen LogP contribution in [0.5, 0.6) is 0 Å². The van der Waals surface area contributed by atoms with Crippen LogP contribution in [0, 0.1) is 13.8 Å². The van der Waals surface area contributed by atoms with Gasteiger partial charge in [-0.15, -0.1) is 0 Å². The number of rotatable bonds is 5. The molecule has 2 heterocycles. The molecule has 2 aliphatic rings. The van der Waals surface area contributed by atoms with Gasteiger partial charge in [-0.25, -0.2) is 0 Å². The molecule has 3 heteroatoms. The maximum absolute atomic E-state index is 3.80. The largest absolute Gasteiger partial charge is 0.355 e. The number of aromatic nitrogens is 2. The predicted octanol–water partition coefficient (Wildman–Crippen LogP) is 11.5. The first-order valence-electron chi connectivity index (χ1n) is 16.8. The summed E-state index contributed by atoms with van der Waals surface area (Å²) in [6.07, 6.45) is 13.5. The van der Waals surface area contributed by atoms with Crippen LogP contribution in [-0.4, -0.2) is 9.13 Å². The molecule has 7 aromatic rings. The number of hydrogen-bond acceptors (Lipinski definition) is 1. The van der Waals surface area contributed by atoms with Crippen molar-refractivity contribution in [3.05, 3.63) is 155 Å². The van der Waals surface area contributed by atoms with Crippen LogP contribution in [0.4, 0.5) is 11.4 Å². The Kier molecular flexibility index (Phi) is 6.53. The van der Waals surface area contributed by atoms with Crippen LogP contribution in [0.15, 0.2) is 121 Å². The predicted molar refractivity (Wildman–Crippen MR) is 199 cm³/mol. The molecule has 2 aromatic heterocycles. The maximum atomic E-state index is 3.80. The number of nitrogens with one attached hydrogen (secondary N) is 1. The van der Waals surface area contributed by atoms with Gasteiger partial charge in [-0.1, -0.05) is 78.9 Å². The zero-order chi connectivity index (χ0) is 31.5. The molecule has 9 rings (SSSR count). The van der Waals surface area contributed by atoms with Gasteiger partial charge in [0.25, 0.3) is 0 Å². The minimum absolute atomic E-state index is 1.05. The van der Waals surface area contributed by atoms with E-state index in [0.717, 1.165) is 37.1 Å². The minimum atomic E-state index is 1.05. The van der Waals surface area contributed by atoms with Crippen molar-refractivity contribution in [3.63, 3.8) is 0 Å². The number of hydrogen-bond donors (Lipinski definition) is 1. The number of anilines is 2. The van der Waals surface area contributed by atoms with Gasteiger partial charge in [0.2, 0.25) is 0 Å².